The summed E-state index contributed by atoms with van der Waals surface area (Å²) in [6.07, 6.45) is 2.66. The van der Waals surface area contributed by atoms with Gasteiger partial charge in [0, 0.05) is 19.0 Å². The van der Waals surface area contributed by atoms with E-state index in [1.807, 2.05) is 12.4 Å². The first-order valence-electron chi connectivity index (χ1n) is 5.02. The molecule has 1 aliphatic rings. The Balaban J connectivity index is 1.95. The summed E-state index contributed by atoms with van der Waals surface area (Å²) in [6, 6.07) is 0. The summed E-state index contributed by atoms with van der Waals surface area (Å²) < 4.78 is 0. The zero-order chi connectivity index (χ0) is 10.8. The molecule has 15 heavy (non-hydrogen) atoms. The second-order valence-electron chi connectivity index (χ2n) is 4.02. The zero-order valence-corrected chi connectivity index (χ0v) is 9.46. The van der Waals surface area contributed by atoms with E-state index in [4.69, 9.17) is 5.11 Å². The number of carboxylic acid groups (broad SMARTS) is 1. The van der Waals surface area contributed by atoms with Gasteiger partial charge >= 0.3 is 5.97 Å². The van der Waals surface area contributed by atoms with Crippen LogP contribution in [0.3, 0.4) is 0 Å². The summed E-state index contributed by atoms with van der Waals surface area (Å²) in [5, 5.41) is 11.4. The number of aromatic nitrogens is 1. The summed E-state index contributed by atoms with van der Waals surface area (Å²) in [5.41, 5.74) is 0.658. The number of carbonyl (C=O) groups is 1. The molecule has 1 fully saturated rings. The van der Waals surface area contributed by atoms with Crippen LogP contribution in [0, 0.1) is 5.92 Å². The molecule has 1 aromatic heterocycles. The molecule has 1 heterocycles. The van der Waals surface area contributed by atoms with Crippen LogP contribution >= 0.6 is 11.3 Å². The van der Waals surface area contributed by atoms with Crippen LogP contribution in [-0.2, 0) is 11.2 Å². The van der Waals surface area contributed by atoms with Gasteiger partial charge in [-0.05, 0) is 18.8 Å². The highest BCUT2D eigenvalue weighted by molar-refractivity contribution is 7.13. The minimum atomic E-state index is -0.823. The second-order valence-corrected chi connectivity index (χ2v) is 4.85. The number of thiazole rings is 1. The maximum Gasteiger partial charge on any atom is 0.309 e. The van der Waals surface area contributed by atoms with Crippen molar-refractivity contribution in [2.45, 2.75) is 19.3 Å². The van der Waals surface area contributed by atoms with Gasteiger partial charge in [-0.3, -0.25) is 4.79 Å². The van der Waals surface area contributed by atoms with Gasteiger partial charge in [0.2, 0.25) is 0 Å². The smallest absolute Gasteiger partial charge is 0.309 e. The van der Waals surface area contributed by atoms with E-state index in [1.165, 1.54) is 24.2 Å². The van der Waals surface area contributed by atoms with Crippen molar-refractivity contribution in [3.63, 3.8) is 0 Å². The van der Waals surface area contributed by atoms with Gasteiger partial charge in [0.05, 0.1) is 12.1 Å². The number of aliphatic carboxylic acids is 1. The van der Waals surface area contributed by atoms with E-state index in [-0.39, 0.29) is 6.42 Å². The molecule has 2 rings (SSSR count). The zero-order valence-electron chi connectivity index (χ0n) is 8.64. The Hall–Kier alpha value is -1.10. The van der Waals surface area contributed by atoms with Crippen molar-refractivity contribution in [2.24, 2.45) is 5.92 Å². The molecule has 0 aromatic carbocycles. The Morgan fingerprint density at radius 2 is 2.47 bits per heavy atom. The first kappa shape index (κ1) is 10.4. The molecule has 0 saturated heterocycles. The number of nitrogens with zero attached hydrogens (tertiary/aromatic N) is 2. The highest BCUT2D eigenvalue weighted by Crippen LogP contribution is 2.31. The maximum atomic E-state index is 10.5. The van der Waals surface area contributed by atoms with E-state index in [0.717, 1.165) is 17.6 Å². The first-order chi connectivity index (χ1) is 7.15. The molecule has 0 radical (unpaired) electrons. The lowest BCUT2D eigenvalue weighted by molar-refractivity contribution is -0.136. The highest BCUT2D eigenvalue weighted by atomic mass is 32.1. The number of anilines is 1. The van der Waals surface area contributed by atoms with Gasteiger partial charge in [0.15, 0.2) is 5.13 Å². The normalized spacial score (nSPS) is 15.3. The fourth-order valence-corrected chi connectivity index (χ4v) is 2.28. The van der Waals surface area contributed by atoms with Gasteiger partial charge in [0.25, 0.3) is 0 Å². The fourth-order valence-electron chi connectivity index (χ4n) is 1.47. The quantitative estimate of drug-likeness (QED) is 0.829. The van der Waals surface area contributed by atoms with Crippen molar-refractivity contribution in [2.75, 3.05) is 18.5 Å². The van der Waals surface area contributed by atoms with Gasteiger partial charge in [-0.25, -0.2) is 4.98 Å². The monoisotopic (exact) mass is 226 g/mol. The summed E-state index contributed by atoms with van der Waals surface area (Å²) in [6.45, 7) is 1.04. The third kappa shape index (κ3) is 2.92. The molecule has 82 valence electrons. The lowest BCUT2D eigenvalue weighted by atomic mass is 10.3. The molecule has 0 atom stereocenters. The van der Waals surface area contributed by atoms with E-state index in [9.17, 15) is 4.79 Å². The Bertz CT molecular complexity index is 360. The molecule has 5 heteroatoms. The average Bonchev–Trinajstić information content (AvgIpc) is 2.83. The van der Waals surface area contributed by atoms with Crippen molar-refractivity contribution in [1.29, 1.82) is 0 Å². The van der Waals surface area contributed by atoms with Crippen molar-refractivity contribution < 1.29 is 9.90 Å². The molecule has 0 unspecified atom stereocenters. The van der Waals surface area contributed by atoms with Gasteiger partial charge in [-0.15, -0.1) is 11.3 Å². The third-order valence-corrected chi connectivity index (χ3v) is 3.43. The van der Waals surface area contributed by atoms with Gasteiger partial charge in [0.1, 0.15) is 0 Å². The third-order valence-electron chi connectivity index (χ3n) is 2.43. The Morgan fingerprint density at radius 3 is 3.07 bits per heavy atom. The van der Waals surface area contributed by atoms with Gasteiger partial charge < -0.3 is 10.0 Å². The lowest BCUT2D eigenvalue weighted by Gasteiger charge is -2.14. The van der Waals surface area contributed by atoms with E-state index < -0.39 is 5.97 Å². The van der Waals surface area contributed by atoms with Crippen LogP contribution < -0.4 is 4.90 Å². The van der Waals surface area contributed by atoms with Crippen LogP contribution in [0.4, 0.5) is 5.13 Å². The van der Waals surface area contributed by atoms with E-state index in [2.05, 4.69) is 9.88 Å². The Morgan fingerprint density at radius 1 is 1.73 bits per heavy atom. The van der Waals surface area contributed by atoms with Crippen LogP contribution in [0.15, 0.2) is 5.38 Å². The van der Waals surface area contributed by atoms with Crippen molar-refractivity contribution in [3.05, 3.63) is 11.1 Å². The van der Waals surface area contributed by atoms with Crippen LogP contribution in [0.25, 0.3) is 0 Å². The molecule has 0 aliphatic heterocycles. The molecule has 1 aromatic rings. The largest absolute Gasteiger partial charge is 0.481 e. The minimum absolute atomic E-state index is 0.0216. The summed E-state index contributed by atoms with van der Waals surface area (Å²) in [7, 11) is 2.02. The average molecular weight is 226 g/mol. The lowest BCUT2D eigenvalue weighted by Crippen LogP contribution is -2.19. The summed E-state index contributed by atoms with van der Waals surface area (Å²) in [5.74, 6) is -0.00137. The van der Waals surface area contributed by atoms with Crippen LogP contribution in [0.2, 0.25) is 0 Å². The van der Waals surface area contributed by atoms with E-state index in [0.29, 0.717) is 5.69 Å². The summed E-state index contributed by atoms with van der Waals surface area (Å²) >= 11 is 1.52. The van der Waals surface area contributed by atoms with Crippen molar-refractivity contribution in [1.82, 2.24) is 4.98 Å². The molecule has 4 nitrogen and oxygen atoms in total. The molecule has 0 amide bonds. The molecule has 1 aliphatic carbocycles. The number of rotatable bonds is 5. The molecular formula is C10H14N2O2S. The molecular weight excluding hydrogens is 212 g/mol. The molecule has 1 N–H and O–H groups in total. The SMILES string of the molecule is CN(CC1CC1)c1nc(CC(=O)O)cs1. The standard InChI is InChI=1S/C10H14N2O2S/c1-12(5-7-2-3-7)10-11-8(6-15-10)4-9(13)14/h6-7H,2-5H2,1H3,(H,13,14). The van der Waals surface area contributed by atoms with E-state index in [1.54, 1.807) is 0 Å². The maximum absolute atomic E-state index is 10.5. The van der Waals surface area contributed by atoms with Crippen molar-refractivity contribution in [3.8, 4) is 0 Å². The fraction of sp³-hybridized carbons (Fsp3) is 0.600. The first-order valence-corrected chi connectivity index (χ1v) is 5.90. The molecule has 0 bridgehead atoms. The Kier molecular flexibility index (Phi) is 2.90. The summed E-state index contributed by atoms with van der Waals surface area (Å²) in [4.78, 5) is 16.9. The predicted octanol–water partition coefficient (Wildman–Crippen LogP) is 1.62. The van der Waals surface area contributed by atoms with Crippen LogP contribution in [0.5, 0.6) is 0 Å². The van der Waals surface area contributed by atoms with Crippen LogP contribution in [-0.4, -0.2) is 29.7 Å². The topological polar surface area (TPSA) is 53.4 Å². The highest BCUT2D eigenvalue weighted by Gasteiger charge is 2.23. The second kappa shape index (κ2) is 4.18. The van der Waals surface area contributed by atoms with Crippen LogP contribution in [0.1, 0.15) is 18.5 Å². The Labute approximate surface area is 92.6 Å². The van der Waals surface area contributed by atoms with Crippen molar-refractivity contribution >= 4 is 22.4 Å². The minimum Gasteiger partial charge on any atom is -0.481 e. The number of hydrogen-bond acceptors (Lipinski definition) is 4. The number of carboxylic acids is 1. The predicted molar refractivity (Wildman–Crippen MR) is 59.4 cm³/mol. The van der Waals surface area contributed by atoms with Gasteiger partial charge in [-0.1, -0.05) is 0 Å². The molecule has 0 spiro atoms. The van der Waals surface area contributed by atoms with Gasteiger partial charge in [-0.2, -0.15) is 0 Å². The number of hydrogen-bond donors (Lipinski definition) is 1. The molecule has 1 saturated carbocycles. The van der Waals surface area contributed by atoms with E-state index >= 15 is 0 Å².